The molecule has 2 rings (SSSR count). The Hall–Kier alpha value is -1.85. The van der Waals surface area contributed by atoms with E-state index < -0.39 is 11.7 Å². The zero-order valence-corrected chi connectivity index (χ0v) is 10.4. The van der Waals surface area contributed by atoms with Gasteiger partial charge in [-0.1, -0.05) is 25.1 Å². The predicted octanol–water partition coefficient (Wildman–Crippen LogP) is 3.20. The summed E-state index contributed by atoms with van der Waals surface area (Å²) in [6, 6.07) is 5.43. The van der Waals surface area contributed by atoms with Crippen molar-refractivity contribution in [3.05, 3.63) is 35.4 Å². The summed E-state index contributed by atoms with van der Waals surface area (Å²) >= 11 is 0. The van der Waals surface area contributed by atoms with Crippen LogP contribution in [0.3, 0.4) is 0 Å². The van der Waals surface area contributed by atoms with Gasteiger partial charge in [0.05, 0.1) is 11.3 Å². The molecule has 3 nitrogen and oxygen atoms in total. The lowest BCUT2D eigenvalue weighted by Gasteiger charge is -2.22. The van der Waals surface area contributed by atoms with Gasteiger partial charge in [0.2, 0.25) is 0 Å². The number of nitrogens with two attached hydrogens (primary N) is 1. The fourth-order valence-corrected chi connectivity index (χ4v) is 2.15. The Morgan fingerprint density at radius 2 is 1.95 bits per heavy atom. The SMILES string of the molecule is CCC1CC(N)=NN=C1c1ccccc1C(F)(F)F. The number of rotatable bonds is 2. The molecule has 0 aromatic heterocycles. The van der Waals surface area contributed by atoms with Crippen molar-refractivity contribution in [1.82, 2.24) is 0 Å². The molecule has 0 aliphatic carbocycles. The van der Waals surface area contributed by atoms with Gasteiger partial charge in [-0.3, -0.25) is 0 Å². The average molecular weight is 269 g/mol. The van der Waals surface area contributed by atoms with Crippen LogP contribution >= 0.6 is 0 Å². The quantitative estimate of drug-likeness (QED) is 0.880. The minimum atomic E-state index is -4.40. The summed E-state index contributed by atoms with van der Waals surface area (Å²) in [5.41, 5.74) is 5.37. The number of benzene rings is 1. The van der Waals surface area contributed by atoms with Gasteiger partial charge in [0.15, 0.2) is 0 Å². The van der Waals surface area contributed by atoms with E-state index in [0.717, 1.165) is 6.07 Å². The van der Waals surface area contributed by atoms with E-state index in [0.29, 0.717) is 24.4 Å². The monoisotopic (exact) mass is 269 g/mol. The molecule has 0 saturated carbocycles. The van der Waals surface area contributed by atoms with E-state index in [-0.39, 0.29) is 11.5 Å². The van der Waals surface area contributed by atoms with E-state index >= 15 is 0 Å². The minimum Gasteiger partial charge on any atom is -0.386 e. The molecule has 0 saturated heterocycles. The molecule has 0 amide bonds. The van der Waals surface area contributed by atoms with Crippen molar-refractivity contribution >= 4 is 11.5 Å². The Morgan fingerprint density at radius 1 is 1.26 bits per heavy atom. The van der Waals surface area contributed by atoms with Crippen LogP contribution in [0, 0.1) is 5.92 Å². The Morgan fingerprint density at radius 3 is 2.58 bits per heavy atom. The standard InChI is InChI=1S/C13H14F3N3/c1-2-8-7-11(17)18-19-12(8)9-5-3-4-6-10(9)13(14,15)16/h3-6,8H,2,7H2,1H3,(H2,17,18). The smallest absolute Gasteiger partial charge is 0.386 e. The van der Waals surface area contributed by atoms with Crippen molar-refractivity contribution < 1.29 is 13.2 Å². The summed E-state index contributed by atoms with van der Waals surface area (Å²) in [5, 5.41) is 7.61. The van der Waals surface area contributed by atoms with Crippen LogP contribution in [0.25, 0.3) is 0 Å². The van der Waals surface area contributed by atoms with E-state index in [1.54, 1.807) is 6.07 Å². The maximum atomic E-state index is 13.0. The third-order valence-electron chi connectivity index (χ3n) is 3.13. The molecule has 2 N–H and O–H groups in total. The summed E-state index contributed by atoms with van der Waals surface area (Å²) in [6.45, 7) is 1.90. The highest BCUT2D eigenvalue weighted by atomic mass is 19.4. The van der Waals surface area contributed by atoms with E-state index in [4.69, 9.17) is 5.73 Å². The van der Waals surface area contributed by atoms with Crippen molar-refractivity contribution in [3.63, 3.8) is 0 Å². The summed E-state index contributed by atoms with van der Waals surface area (Å²) in [6.07, 6.45) is -3.28. The number of amidine groups is 1. The molecule has 1 aromatic rings. The highest BCUT2D eigenvalue weighted by Gasteiger charge is 2.36. The van der Waals surface area contributed by atoms with Crippen LogP contribution < -0.4 is 5.73 Å². The second kappa shape index (κ2) is 5.03. The third kappa shape index (κ3) is 2.77. The predicted molar refractivity (Wildman–Crippen MR) is 68.0 cm³/mol. The van der Waals surface area contributed by atoms with Crippen LogP contribution in [0.2, 0.25) is 0 Å². The van der Waals surface area contributed by atoms with Crippen molar-refractivity contribution in [2.24, 2.45) is 21.9 Å². The number of halogens is 3. The molecule has 0 bridgehead atoms. The number of alkyl halides is 3. The molecular formula is C13H14F3N3. The van der Waals surface area contributed by atoms with Gasteiger partial charge in [0.25, 0.3) is 0 Å². The molecule has 1 heterocycles. The highest BCUT2D eigenvalue weighted by molar-refractivity contribution is 6.06. The lowest BCUT2D eigenvalue weighted by molar-refractivity contribution is -0.137. The molecule has 0 spiro atoms. The van der Waals surface area contributed by atoms with Gasteiger partial charge in [-0.15, -0.1) is 5.10 Å². The zero-order valence-electron chi connectivity index (χ0n) is 10.4. The molecule has 1 atom stereocenters. The maximum Gasteiger partial charge on any atom is 0.417 e. The second-order valence-electron chi connectivity index (χ2n) is 4.43. The van der Waals surface area contributed by atoms with Crippen molar-refractivity contribution in [3.8, 4) is 0 Å². The van der Waals surface area contributed by atoms with E-state index in [1.165, 1.54) is 12.1 Å². The zero-order chi connectivity index (χ0) is 14.0. The van der Waals surface area contributed by atoms with E-state index in [2.05, 4.69) is 10.2 Å². The molecule has 1 unspecified atom stereocenters. The summed E-state index contributed by atoms with van der Waals surface area (Å²) < 4.78 is 39.0. The molecule has 1 aromatic carbocycles. The lowest BCUT2D eigenvalue weighted by atomic mass is 9.88. The number of hydrogen-bond donors (Lipinski definition) is 1. The number of hydrogen-bond acceptors (Lipinski definition) is 3. The number of nitrogens with zero attached hydrogens (tertiary/aromatic N) is 2. The van der Waals surface area contributed by atoms with Gasteiger partial charge in [-0.25, -0.2) is 0 Å². The Labute approximate surface area is 109 Å². The molecule has 19 heavy (non-hydrogen) atoms. The molecule has 102 valence electrons. The largest absolute Gasteiger partial charge is 0.417 e. The first-order valence-electron chi connectivity index (χ1n) is 6.00. The first-order valence-corrected chi connectivity index (χ1v) is 6.00. The fourth-order valence-electron chi connectivity index (χ4n) is 2.15. The highest BCUT2D eigenvalue weighted by Crippen LogP contribution is 2.34. The van der Waals surface area contributed by atoms with Crippen molar-refractivity contribution in [2.75, 3.05) is 0 Å². The fraction of sp³-hybridized carbons (Fsp3) is 0.385. The van der Waals surface area contributed by atoms with Gasteiger partial charge in [-0.2, -0.15) is 18.3 Å². The van der Waals surface area contributed by atoms with Crippen LogP contribution in [0.4, 0.5) is 13.2 Å². The molecular weight excluding hydrogens is 255 g/mol. The van der Waals surface area contributed by atoms with Gasteiger partial charge in [0.1, 0.15) is 5.84 Å². The van der Waals surface area contributed by atoms with Crippen molar-refractivity contribution in [1.29, 1.82) is 0 Å². The van der Waals surface area contributed by atoms with E-state index in [9.17, 15) is 13.2 Å². The van der Waals surface area contributed by atoms with Crippen LogP contribution in [0.15, 0.2) is 34.5 Å². The summed E-state index contributed by atoms with van der Waals surface area (Å²) in [5.74, 6) is 0.237. The van der Waals surface area contributed by atoms with Crippen molar-refractivity contribution in [2.45, 2.75) is 25.9 Å². The Bertz CT molecular complexity index is 532. The minimum absolute atomic E-state index is 0.0955. The topological polar surface area (TPSA) is 50.7 Å². The second-order valence-corrected chi connectivity index (χ2v) is 4.43. The molecule has 1 aliphatic heterocycles. The van der Waals surface area contributed by atoms with Gasteiger partial charge < -0.3 is 5.73 Å². The maximum absolute atomic E-state index is 13.0. The molecule has 1 aliphatic rings. The first-order chi connectivity index (χ1) is 8.93. The molecule has 0 radical (unpaired) electrons. The molecule has 6 heteroatoms. The van der Waals surface area contributed by atoms with E-state index in [1.807, 2.05) is 6.92 Å². The lowest BCUT2D eigenvalue weighted by Crippen LogP contribution is -2.28. The van der Waals surface area contributed by atoms with Crippen LogP contribution in [-0.2, 0) is 6.18 Å². The van der Waals surface area contributed by atoms with Gasteiger partial charge in [0, 0.05) is 17.9 Å². The summed E-state index contributed by atoms with van der Waals surface area (Å²) in [7, 11) is 0. The normalized spacial score (nSPS) is 19.9. The van der Waals surface area contributed by atoms with Gasteiger partial charge >= 0.3 is 6.18 Å². The first kappa shape index (κ1) is 13.6. The van der Waals surface area contributed by atoms with Crippen LogP contribution in [-0.4, -0.2) is 11.5 Å². The molecule has 0 fully saturated rings. The average Bonchev–Trinajstić information content (AvgIpc) is 2.37. The van der Waals surface area contributed by atoms with Crippen LogP contribution in [0.1, 0.15) is 30.9 Å². The summed E-state index contributed by atoms with van der Waals surface area (Å²) in [4.78, 5) is 0. The Kier molecular flexibility index (Phi) is 3.59. The third-order valence-corrected chi connectivity index (χ3v) is 3.13. The van der Waals surface area contributed by atoms with Crippen LogP contribution in [0.5, 0.6) is 0 Å². The Balaban J connectivity index is 2.53. The van der Waals surface area contributed by atoms with Gasteiger partial charge in [-0.05, 0) is 12.5 Å².